The summed E-state index contributed by atoms with van der Waals surface area (Å²) in [5.41, 5.74) is -10.1. The number of carbonyl (C=O) groups excluding carboxylic acids is 3. The van der Waals surface area contributed by atoms with Crippen LogP contribution in [0, 0.1) is 28.1 Å². The van der Waals surface area contributed by atoms with Crippen LogP contribution in [0.25, 0.3) is 0 Å². The van der Waals surface area contributed by atoms with E-state index in [9.17, 15) is 60.3 Å². The van der Waals surface area contributed by atoms with Crippen LogP contribution in [-0.4, -0.2) is 180 Å². The van der Waals surface area contributed by atoms with Crippen molar-refractivity contribution in [1.82, 2.24) is 0 Å². The second kappa shape index (κ2) is 11.4. The number of rotatable bonds is 6. The van der Waals surface area contributed by atoms with E-state index in [-0.39, 0.29) is 6.42 Å². The Labute approximate surface area is 295 Å². The lowest BCUT2D eigenvalue weighted by Crippen LogP contribution is -2.70. The van der Waals surface area contributed by atoms with Crippen molar-refractivity contribution < 1.29 is 98.2 Å². The molecule has 52 heavy (non-hydrogen) atoms. The molecule has 8 rings (SSSR count). The first-order valence-electron chi connectivity index (χ1n) is 17.3. The molecule has 292 valence electrons. The Morgan fingerprint density at radius 1 is 0.769 bits per heavy atom. The predicted octanol–water partition coefficient (Wildman–Crippen LogP) is -5.72. The van der Waals surface area contributed by atoms with Crippen LogP contribution in [0.1, 0.15) is 34.1 Å². The van der Waals surface area contributed by atoms with Gasteiger partial charge in [0.05, 0.1) is 30.0 Å². The maximum Gasteiger partial charge on any atom is 0.343 e. The molecule has 20 nitrogen and oxygen atoms in total. The zero-order valence-electron chi connectivity index (χ0n) is 28.5. The average molecular weight is 749 g/mol. The highest BCUT2D eigenvalue weighted by atomic mass is 16.8. The number of carbonyl (C=O) groups is 3. The summed E-state index contributed by atoms with van der Waals surface area (Å²) in [6, 6.07) is 0. The van der Waals surface area contributed by atoms with Gasteiger partial charge in [0, 0.05) is 0 Å². The first kappa shape index (κ1) is 36.8. The van der Waals surface area contributed by atoms with Crippen LogP contribution in [0.5, 0.6) is 0 Å². The van der Waals surface area contributed by atoms with Crippen LogP contribution in [-0.2, 0) is 52.3 Å². The number of fused-ring (bicyclic) bond motifs is 1. The SMILES string of the molecule is C[C@@H]1C(=O)O[C@H]2[C@H](O[C@@H]3O[C@H](CO)[C@@H](O)[C@H](O)[C@H]3O)[C@@]34[C@H]5C[C@@H](C(C)(C)C)[C@]36[C@@H](OC(=O)[C@@H]6O)O[C@@]4(C(=O)O5)[C@@]12O[C@@H]1O[C@H](CO)[C@@H](O)[C@H](O)[C@H]1O. The molecule has 0 unspecified atom stereocenters. The van der Waals surface area contributed by atoms with Gasteiger partial charge in [0.1, 0.15) is 61.0 Å². The van der Waals surface area contributed by atoms with Gasteiger partial charge >= 0.3 is 17.9 Å². The van der Waals surface area contributed by atoms with Crippen molar-refractivity contribution >= 4 is 17.9 Å². The van der Waals surface area contributed by atoms with Crippen molar-refractivity contribution in [1.29, 1.82) is 0 Å². The zero-order chi connectivity index (χ0) is 37.8. The van der Waals surface area contributed by atoms with Gasteiger partial charge in [-0.2, -0.15) is 0 Å². The summed E-state index contributed by atoms with van der Waals surface area (Å²) in [5, 5.41) is 96.8. The van der Waals surface area contributed by atoms with Gasteiger partial charge in [-0.15, -0.1) is 0 Å². The topological polar surface area (TPSA) is 307 Å². The Morgan fingerprint density at radius 3 is 1.92 bits per heavy atom. The summed E-state index contributed by atoms with van der Waals surface area (Å²) in [7, 11) is 0. The molecule has 0 radical (unpaired) electrons. The molecule has 2 aliphatic carbocycles. The minimum absolute atomic E-state index is 0.0374. The standard InChI is InChI=1S/C32H44O20/c1-8-22(42)48-21-20(49-24-17(39)15(37)13(35)9(6-33)45-24)30-12-5-11(28(2,3)4)29(30)19(41)23(43)50-27(29)52-32(30,26(44)47-12)31(8,21)51-25-18(40)16(38)14(36)10(7-34)46-25/h8-21,24-25,27,33-41H,5-7H2,1-4H3/t8-,9-,10-,11+,12-,13-,14-,15+,16+,17-,18-,19+,20+,21+,24+,25+,27+,29+,30+,31-,32-/m1/s1. The summed E-state index contributed by atoms with van der Waals surface area (Å²) >= 11 is 0. The van der Waals surface area contributed by atoms with Crippen LogP contribution in [0.4, 0.5) is 0 Å². The molecule has 0 amide bonds. The van der Waals surface area contributed by atoms with Gasteiger partial charge in [-0.3, -0.25) is 4.79 Å². The fourth-order valence-electron chi connectivity index (χ4n) is 11.2. The van der Waals surface area contributed by atoms with Crippen molar-refractivity contribution in [2.75, 3.05) is 13.2 Å². The quantitative estimate of drug-likeness (QED) is 0.0903. The second-order valence-electron chi connectivity index (χ2n) is 16.3. The van der Waals surface area contributed by atoms with Crippen molar-refractivity contribution in [2.45, 2.75) is 137 Å². The summed E-state index contributed by atoms with van der Waals surface area (Å²) in [4.78, 5) is 42.0. The summed E-state index contributed by atoms with van der Waals surface area (Å²) in [6.45, 7) is 5.01. The normalized spacial score (nSPS) is 57.6. The number of esters is 3. The Balaban J connectivity index is 1.38. The number of hydrogen-bond acceptors (Lipinski definition) is 20. The Bertz CT molecular complexity index is 1520. The van der Waals surface area contributed by atoms with Crippen LogP contribution in [0.15, 0.2) is 0 Å². The van der Waals surface area contributed by atoms with Gasteiger partial charge in [0.25, 0.3) is 0 Å². The smallest absolute Gasteiger partial charge is 0.343 e. The molecule has 0 aromatic heterocycles. The number of aliphatic hydroxyl groups is 9. The molecule has 6 saturated heterocycles. The van der Waals surface area contributed by atoms with Crippen molar-refractivity contribution in [3.63, 3.8) is 0 Å². The molecular weight excluding hydrogens is 704 g/mol. The molecule has 8 fully saturated rings. The fourth-order valence-corrected chi connectivity index (χ4v) is 11.2. The van der Waals surface area contributed by atoms with Gasteiger partial charge in [-0.25, -0.2) is 9.59 Å². The molecule has 6 heterocycles. The van der Waals surface area contributed by atoms with E-state index >= 15 is 0 Å². The van der Waals surface area contributed by atoms with Gasteiger partial charge < -0.3 is 83.9 Å². The minimum Gasteiger partial charge on any atom is -0.459 e. The number of ether oxygens (including phenoxy) is 8. The van der Waals surface area contributed by atoms with Crippen molar-refractivity contribution in [3.8, 4) is 0 Å². The number of aliphatic hydroxyl groups excluding tert-OH is 9. The van der Waals surface area contributed by atoms with E-state index in [2.05, 4.69) is 0 Å². The van der Waals surface area contributed by atoms with E-state index in [1.807, 2.05) is 20.8 Å². The van der Waals surface area contributed by atoms with Crippen molar-refractivity contribution in [3.05, 3.63) is 0 Å². The summed E-state index contributed by atoms with van der Waals surface area (Å²) in [6.07, 6.45) is -27.4. The third kappa shape index (κ3) is 3.86. The fraction of sp³-hybridized carbons (Fsp3) is 0.906. The Morgan fingerprint density at radius 2 is 1.35 bits per heavy atom. The van der Waals surface area contributed by atoms with Crippen molar-refractivity contribution in [2.24, 2.45) is 28.1 Å². The lowest BCUT2D eigenvalue weighted by molar-refractivity contribution is -0.357. The highest BCUT2D eigenvalue weighted by molar-refractivity contribution is 5.94. The summed E-state index contributed by atoms with van der Waals surface area (Å²) in [5.74, 6) is -5.63. The third-order valence-corrected chi connectivity index (χ3v) is 13.2. The molecular formula is C32H44O20. The van der Waals surface area contributed by atoms with Gasteiger partial charge in [-0.1, -0.05) is 20.8 Å². The maximum absolute atomic E-state index is 14.8. The average Bonchev–Trinajstić information content (AvgIpc) is 3.82. The Kier molecular flexibility index (Phi) is 8.10. The largest absolute Gasteiger partial charge is 0.459 e. The monoisotopic (exact) mass is 748 g/mol. The van der Waals surface area contributed by atoms with E-state index < -0.39 is 163 Å². The molecule has 2 saturated carbocycles. The van der Waals surface area contributed by atoms with E-state index in [1.165, 1.54) is 6.92 Å². The van der Waals surface area contributed by atoms with Gasteiger partial charge in [-0.05, 0) is 24.7 Å². The van der Waals surface area contributed by atoms with Crippen LogP contribution in [0.3, 0.4) is 0 Å². The van der Waals surface area contributed by atoms with Crippen LogP contribution < -0.4 is 0 Å². The molecule has 21 atom stereocenters. The van der Waals surface area contributed by atoms with E-state index in [0.29, 0.717) is 0 Å². The molecule has 0 aromatic carbocycles. The number of hydrogen-bond donors (Lipinski definition) is 9. The van der Waals surface area contributed by atoms with Crippen LogP contribution >= 0.6 is 0 Å². The molecule has 6 aliphatic heterocycles. The summed E-state index contributed by atoms with van der Waals surface area (Å²) < 4.78 is 48.8. The molecule has 2 spiro atoms. The lowest BCUT2D eigenvalue weighted by atomic mass is 9.51. The molecule has 0 aromatic rings. The zero-order valence-corrected chi connectivity index (χ0v) is 28.5. The first-order valence-corrected chi connectivity index (χ1v) is 17.3. The minimum atomic E-state index is -2.63. The molecule has 20 heteroatoms. The second-order valence-corrected chi connectivity index (χ2v) is 16.3. The van der Waals surface area contributed by atoms with Gasteiger partial charge in [0.15, 0.2) is 30.4 Å². The molecule has 9 N–H and O–H groups in total. The first-order chi connectivity index (χ1) is 24.3. The molecule has 0 bridgehead atoms. The van der Waals surface area contributed by atoms with E-state index in [0.717, 1.165) is 0 Å². The maximum atomic E-state index is 14.8. The molecule has 8 aliphatic rings. The highest BCUT2D eigenvalue weighted by Gasteiger charge is 3.05. The predicted molar refractivity (Wildman–Crippen MR) is 157 cm³/mol. The Hall–Kier alpha value is -2.15. The third-order valence-electron chi connectivity index (χ3n) is 13.2. The highest BCUT2D eigenvalue weighted by Crippen LogP contribution is 2.85. The lowest BCUT2D eigenvalue weighted by Gasteiger charge is -2.50. The van der Waals surface area contributed by atoms with E-state index in [1.54, 1.807) is 0 Å². The van der Waals surface area contributed by atoms with E-state index in [4.69, 9.17) is 37.9 Å². The van der Waals surface area contributed by atoms with Gasteiger partial charge in [0.2, 0.25) is 11.9 Å². The van der Waals surface area contributed by atoms with Crippen LogP contribution in [0.2, 0.25) is 0 Å².